The number of imide groups is 1. The van der Waals surface area contributed by atoms with Crippen molar-refractivity contribution in [3.05, 3.63) is 28.6 Å². The van der Waals surface area contributed by atoms with Crippen LogP contribution in [-0.2, 0) is 9.59 Å². The van der Waals surface area contributed by atoms with E-state index in [0.29, 0.717) is 5.52 Å². The number of anilines is 1. The number of piperidine rings is 1. The van der Waals surface area contributed by atoms with Crippen LogP contribution in [0.5, 0.6) is 0 Å². The number of hydrogen-bond acceptors (Lipinski definition) is 6. The summed E-state index contributed by atoms with van der Waals surface area (Å²) in [6.45, 7) is 0. The molecule has 8 nitrogen and oxygen atoms in total. The van der Waals surface area contributed by atoms with Crippen LogP contribution in [0.4, 0.5) is 5.69 Å². The van der Waals surface area contributed by atoms with E-state index < -0.39 is 17.5 Å². The largest absolute Gasteiger partial charge is 0.398 e. The average molecular weight is 273 g/mol. The maximum Gasteiger partial charge on any atom is 0.280 e. The van der Waals surface area contributed by atoms with Gasteiger partial charge in [-0.2, -0.15) is 4.68 Å². The Labute approximate surface area is 112 Å². The van der Waals surface area contributed by atoms with Crippen molar-refractivity contribution in [3.63, 3.8) is 0 Å². The number of carbonyl (C=O) groups excluding carboxylic acids is 2. The summed E-state index contributed by atoms with van der Waals surface area (Å²) in [5.74, 6) is -0.904. The summed E-state index contributed by atoms with van der Waals surface area (Å²) in [6, 6.07) is 4.04. The average Bonchev–Trinajstić information content (AvgIpc) is 2.40. The van der Waals surface area contributed by atoms with Gasteiger partial charge in [-0.25, -0.2) is 0 Å². The fourth-order valence-electron chi connectivity index (χ4n) is 2.24. The molecule has 1 aromatic heterocycles. The van der Waals surface area contributed by atoms with Gasteiger partial charge in [0.2, 0.25) is 5.91 Å². The quantitative estimate of drug-likeness (QED) is 0.526. The summed E-state index contributed by atoms with van der Waals surface area (Å²) in [7, 11) is 0. The molecule has 1 unspecified atom stereocenters. The van der Waals surface area contributed by atoms with Crippen LogP contribution in [0, 0.1) is 0 Å². The molecule has 1 aromatic carbocycles. The first-order valence-electron chi connectivity index (χ1n) is 6.05. The van der Waals surface area contributed by atoms with Crippen molar-refractivity contribution in [1.29, 1.82) is 0 Å². The van der Waals surface area contributed by atoms with Crippen LogP contribution in [0.3, 0.4) is 0 Å². The lowest BCUT2D eigenvalue weighted by Gasteiger charge is -2.21. The Morgan fingerprint density at radius 2 is 2.10 bits per heavy atom. The smallest absolute Gasteiger partial charge is 0.280 e. The molecule has 0 spiro atoms. The van der Waals surface area contributed by atoms with Gasteiger partial charge in [-0.05, 0) is 18.6 Å². The maximum atomic E-state index is 12.4. The van der Waals surface area contributed by atoms with Gasteiger partial charge in [0.1, 0.15) is 11.6 Å². The zero-order valence-electron chi connectivity index (χ0n) is 10.4. The number of nitrogens with zero attached hydrogens (tertiary/aromatic N) is 3. The molecule has 20 heavy (non-hydrogen) atoms. The summed E-state index contributed by atoms with van der Waals surface area (Å²) in [5.41, 5.74) is 5.95. The highest BCUT2D eigenvalue weighted by atomic mass is 16.2. The number of amides is 2. The van der Waals surface area contributed by atoms with E-state index >= 15 is 0 Å². The minimum atomic E-state index is -0.836. The number of benzene rings is 1. The summed E-state index contributed by atoms with van der Waals surface area (Å²) in [6.07, 6.45) is 0.379. The maximum absolute atomic E-state index is 12.4. The van der Waals surface area contributed by atoms with Gasteiger partial charge in [-0.15, -0.1) is 5.10 Å². The van der Waals surface area contributed by atoms with Crippen molar-refractivity contribution < 1.29 is 9.59 Å². The molecule has 8 heteroatoms. The Balaban J connectivity index is 2.16. The SMILES string of the molecule is Nc1cccc2nnn(C3CCC(=O)NC3=O)c(=O)c12. The molecule has 1 aliphatic heterocycles. The number of rotatable bonds is 1. The lowest BCUT2D eigenvalue weighted by molar-refractivity contribution is -0.136. The van der Waals surface area contributed by atoms with Crippen LogP contribution in [0.15, 0.2) is 23.0 Å². The zero-order chi connectivity index (χ0) is 14.3. The molecule has 0 aliphatic carbocycles. The van der Waals surface area contributed by atoms with Crippen LogP contribution in [0.2, 0.25) is 0 Å². The minimum Gasteiger partial charge on any atom is -0.398 e. The fourth-order valence-corrected chi connectivity index (χ4v) is 2.24. The van der Waals surface area contributed by atoms with Crippen molar-refractivity contribution in [2.75, 3.05) is 5.73 Å². The first kappa shape index (κ1) is 12.3. The Hall–Kier alpha value is -2.77. The Morgan fingerprint density at radius 1 is 1.30 bits per heavy atom. The molecule has 3 rings (SSSR count). The molecule has 3 N–H and O–H groups in total. The van der Waals surface area contributed by atoms with Gasteiger partial charge < -0.3 is 5.73 Å². The van der Waals surface area contributed by atoms with Gasteiger partial charge in [-0.3, -0.25) is 19.7 Å². The van der Waals surface area contributed by atoms with E-state index in [0.717, 1.165) is 4.68 Å². The molecule has 0 bridgehead atoms. The lowest BCUT2D eigenvalue weighted by atomic mass is 10.1. The van der Waals surface area contributed by atoms with E-state index in [4.69, 9.17) is 5.73 Å². The molecule has 1 atom stereocenters. The number of nitrogens with two attached hydrogens (primary N) is 1. The standard InChI is InChI=1S/C12H11N5O3/c13-6-2-1-3-7-10(6)12(20)17(16-15-7)8-4-5-9(18)14-11(8)19/h1-3,8H,4-5,13H2,(H,14,18,19). The first-order chi connectivity index (χ1) is 9.58. The van der Waals surface area contributed by atoms with Crippen molar-refractivity contribution >= 4 is 28.4 Å². The van der Waals surface area contributed by atoms with Gasteiger partial charge in [0.05, 0.1) is 5.39 Å². The van der Waals surface area contributed by atoms with E-state index in [9.17, 15) is 14.4 Å². The number of nitrogens with one attached hydrogen (secondary N) is 1. The monoisotopic (exact) mass is 273 g/mol. The number of nitrogen functional groups attached to an aromatic ring is 1. The molecule has 102 valence electrons. The molecule has 2 heterocycles. The van der Waals surface area contributed by atoms with Crippen LogP contribution < -0.4 is 16.6 Å². The minimum absolute atomic E-state index is 0.160. The second-order valence-corrected chi connectivity index (χ2v) is 4.55. The zero-order valence-corrected chi connectivity index (χ0v) is 10.4. The first-order valence-corrected chi connectivity index (χ1v) is 6.05. The molecule has 1 saturated heterocycles. The normalized spacial score (nSPS) is 19.1. The van der Waals surface area contributed by atoms with Gasteiger partial charge in [-0.1, -0.05) is 11.3 Å². The number of hydrogen-bond donors (Lipinski definition) is 2. The van der Waals surface area contributed by atoms with Gasteiger partial charge in [0.15, 0.2) is 0 Å². The van der Waals surface area contributed by atoms with Gasteiger partial charge in [0, 0.05) is 12.1 Å². The van der Waals surface area contributed by atoms with Crippen molar-refractivity contribution in [1.82, 2.24) is 20.3 Å². The van der Waals surface area contributed by atoms with Crippen molar-refractivity contribution in [3.8, 4) is 0 Å². The molecular weight excluding hydrogens is 262 g/mol. The number of aromatic nitrogens is 3. The number of carbonyl (C=O) groups is 2. The number of fused-ring (bicyclic) bond motifs is 1. The van der Waals surface area contributed by atoms with Crippen LogP contribution >= 0.6 is 0 Å². The molecule has 1 fully saturated rings. The van der Waals surface area contributed by atoms with E-state index in [2.05, 4.69) is 15.6 Å². The van der Waals surface area contributed by atoms with E-state index in [1.54, 1.807) is 18.2 Å². The van der Waals surface area contributed by atoms with Crippen molar-refractivity contribution in [2.45, 2.75) is 18.9 Å². The molecule has 0 radical (unpaired) electrons. The van der Waals surface area contributed by atoms with Crippen LogP contribution in [0.25, 0.3) is 10.9 Å². The van der Waals surface area contributed by atoms with Gasteiger partial charge >= 0.3 is 0 Å². The third-order valence-electron chi connectivity index (χ3n) is 3.25. The molecular formula is C12H11N5O3. The van der Waals surface area contributed by atoms with Gasteiger partial charge in [0.25, 0.3) is 11.5 Å². The Kier molecular flexibility index (Phi) is 2.70. The van der Waals surface area contributed by atoms with E-state index in [1.165, 1.54) is 0 Å². The Bertz CT molecular complexity index is 782. The fraction of sp³-hybridized carbons (Fsp3) is 0.250. The predicted octanol–water partition coefficient (Wildman–Crippen LogP) is -0.649. The molecule has 0 saturated carbocycles. The molecule has 2 amide bonds. The highest BCUT2D eigenvalue weighted by molar-refractivity contribution is 5.99. The summed E-state index contributed by atoms with van der Waals surface area (Å²) < 4.78 is 0.987. The van der Waals surface area contributed by atoms with E-state index in [1.807, 2.05) is 0 Å². The molecule has 1 aliphatic rings. The summed E-state index contributed by atoms with van der Waals surface area (Å²) in [5, 5.41) is 10.1. The summed E-state index contributed by atoms with van der Waals surface area (Å²) >= 11 is 0. The topological polar surface area (TPSA) is 120 Å². The lowest BCUT2D eigenvalue weighted by Crippen LogP contribution is -2.45. The highest BCUT2D eigenvalue weighted by Gasteiger charge is 2.30. The van der Waals surface area contributed by atoms with Crippen LogP contribution in [-0.4, -0.2) is 26.8 Å². The second-order valence-electron chi connectivity index (χ2n) is 4.55. The summed E-state index contributed by atoms with van der Waals surface area (Å²) in [4.78, 5) is 35.3. The van der Waals surface area contributed by atoms with Crippen molar-refractivity contribution in [2.24, 2.45) is 0 Å². The third-order valence-corrected chi connectivity index (χ3v) is 3.25. The predicted molar refractivity (Wildman–Crippen MR) is 69.6 cm³/mol. The second kappa shape index (κ2) is 4.41. The van der Waals surface area contributed by atoms with E-state index in [-0.39, 0.29) is 29.8 Å². The highest BCUT2D eigenvalue weighted by Crippen LogP contribution is 2.18. The molecule has 2 aromatic rings. The Morgan fingerprint density at radius 3 is 2.85 bits per heavy atom. The van der Waals surface area contributed by atoms with Crippen LogP contribution in [0.1, 0.15) is 18.9 Å². The third kappa shape index (κ3) is 1.81.